The predicted molar refractivity (Wildman–Crippen MR) is 77.5 cm³/mol. The zero-order valence-corrected chi connectivity index (χ0v) is 11.4. The lowest BCUT2D eigenvalue weighted by molar-refractivity contribution is 0.525. The summed E-state index contributed by atoms with van der Waals surface area (Å²) in [5.41, 5.74) is 8.60. The minimum Gasteiger partial charge on any atom is -0.399 e. The summed E-state index contributed by atoms with van der Waals surface area (Å²) in [6.45, 7) is 4.56. The first-order valence-corrected chi connectivity index (χ1v) is 6.89. The molecule has 3 N–H and O–H groups in total. The number of fused-ring (bicyclic) bond motifs is 1. The van der Waals surface area contributed by atoms with E-state index in [1.807, 2.05) is 18.2 Å². The van der Waals surface area contributed by atoms with Gasteiger partial charge in [-0.15, -0.1) is 0 Å². The van der Waals surface area contributed by atoms with Crippen LogP contribution in [-0.4, -0.2) is 9.97 Å². The molecule has 0 aliphatic heterocycles. The first-order valence-electron chi connectivity index (χ1n) is 6.89. The highest BCUT2D eigenvalue weighted by atomic mass is 14.9. The topological polar surface area (TPSA) is 54.7 Å². The molecule has 0 atom stereocenters. The summed E-state index contributed by atoms with van der Waals surface area (Å²) < 4.78 is 0. The van der Waals surface area contributed by atoms with Crippen LogP contribution in [-0.2, 0) is 6.42 Å². The highest BCUT2D eigenvalue weighted by Gasteiger charge is 2.03. The Hall–Kier alpha value is -1.51. The van der Waals surface area contributed by atoms with E-state index in [0.29, 0.717) is 0 Å². The molecule has 0 fully saturated rings. The van der Waals surface area contributed by atoms with E-state index in [4.69, 9.17) is 5.73 Å². The Labute approximate surface area is 109 Å². The van der Waals surface area contributed by atoms with Gasteiger partial charge in [0.15, 0.2) is 0 Å². The van der Waals surface area contributed by atoms with Crippen LogP contribution >= 0.6 is 0 Å². The molecule has 0 aliphatic rings. The molecule has 0 spiro atoms. The number of anilines is 1. The monoisotopic (exact) mass is 245 g/mol. The Morgan fingerprint density at radius 3 is 2.83 bits per heavy atom. The number of nitrogens with two attached hydrogens (primary N) is 1. The highest BCUT2D eigenvalue weighted by Crippen LogP contribution is 2.16. The molecule has 0 unspecified atom stereocenters. The van der Waals surface area contributed by atoms with Gasteiger partial charge in [-0.05, 0) is 30.5 Å². The number of hydrogen-bond donors (Lipinski definition) is 2. The number of aromatic nitrogens is 2. The predicted octanol–water partition coefficient (Wildman–Crippen LogP) is 3.90. The lowest BCUT2D eigenvalue weighted by atomic mass is 10.0. The molecule has 0 amide bonds. The zero-order chi connectivity index (χ0) is 13.0. The van der Waals surface area contributed by atoms with Gasteiger partial charge in [0.25, 0.3) is 0 Å². The van der Waals surface area contributed by atoms with Crippen LogP contribution in [0.5, 0.6) is 0 Å². The van der Waals surface area contributed by atoms with Gasteiger partial charge in [0, 0.05) is 12.1 Å². The fourth-order valence-electron chi connectivity index (χ4n) is 2.22. The molecule has 0 aliphatic carbocycles. The number of unbranched alkanes of at least 4 members (excludes halogenated alkanes) is 2. The number of nitrogens with one attached hydrogen (secondary N) is 1. The minimum atomic E-state index is 0.787. The van der Waals surface area contributed by atoms with Crippen molar-refractivity contribution in [1.82, 2.24) is 9.97 Å². The van der Waals surface area contributed by atoms with Crippen molar-refractivity contribution in [2.45, 2.75) is 46.0 Å². The van der Waals surface area contributed by atoms with E-state index in [2.05, 4.69) is 23.8 Å². The number of nitrogens with zero attached hydrogens (tertiary/aromatic N) is 1. The molecule has 3 nitrogen and oxygen atoms in total. The van der Waals surface area contributed by atoms with Crippen LogP contribution in [0.4, 0.5) is 5.69 Å². The van der Waals surface area contributed by atoms with Gasteiger partial charge in [0.1, 0.15) is 5.82 Å². The summed E-state index contributed by atoms with van der Waals surface area (Å²) in [5.74, 6) is 1.90. The minimum absolute atomic E-state index is 0.787. The molecule has 18 heavy (non-hydrogen) atoms. The van der Waals surface area contributed by atoms with Crippen molar-refractivity contribution in [2.75, 3.05) is 5.73 Å². The van der Waals surface area contributed by atoms with E-state index in [0.717, 1.165) is 34.9 Å². The third-order valence-corrected chi connectivity index (χ3v) is 3.25. The Balaban J connectivity index is 1.84. The summed E-state index contributed by atoms with van der Waals surface area (Å²) >= 11 is 0. The maximum absolute atomic E-state index is 5.75. The first kappa shape index (κ1) is 12.9. The Kier molecular flexibility index (Phi) is 4.24. The number of aryl methyl sites for hydroxylation is 1. The van der Waals surface area contributed by atoms with Crippen LogP contribution in [0.15, 0.2) is 18.2 Å². The Morgan fingerprint density at radius 1 is 1.22 bits per heavy atom. The molecule has 3 heteroatoms. The molecule has 1 aromatic carbocycles. The molecule has 0 saturated carbocycles. The van der Waals surface area contributed by atoms with Gasteiger partial charge in [-0.2, -0.15) is 0 Å². The van der Waals surface area contributed by atoms with E-state index in [9.17, 15) is 0 Å². The maximum Gasteiger partial charge on any atom is 0.107 e. The maximum atomic E-state index is 5.75. The van der Waals surface area contributed by atoms with Gasteiger partial charge < -0.3 is 10.7 Å². The number of H-pyrrole nitrogens is 1. The van der Waals surface area contributed by atoms with Gasteiger partial charge in [0.05, 0.1) is 11.0 Å². The normalized spacial score (nSPS) is 11.5. The molecule has 2 rings (SSSR count). The van der Waals surface area contributed by atoms with Crippen LogP contribution in [0.2, 0.25) is 0 Å². The molecule has 1 aromatic heterocycles. The number of aromatic amines is 1. The van der Waals surface area contributed by atoms with Gasteiger partial charge in [-0.25, -0.2) is 4.98 Å². The van der Waals surface area contributed by atoms with Crippen LogP contribution in [0.3, 0.4) is 0 Å². The SMILES string of the molecule is CC(C)CCCCCc1nc2ccc(N)cc2[nH]1. The van der Waals surface area contributed by atoms with Crippen molar-refractivity contribution in [2.24, 2.45) is 5.92 Å². The van der Waals surface area contributed by atoms with Crippen molar-refractivity contribution in [3.8, 4) is 0 Å². The number of rotatable bonds is 6. The summed E-state index contributed by atoms with van der Waals surface area (Å²) in [7, 11) is 0. The van der Waals surface area contributed by atoms with Crippen molar-refractivity contribution >= 4 is 16.7 Å². The third-order valence-electron chi connectivity index (χ3n) is 3.25. The lowest BCUT2D eigenvalue weighted by Crippen LogP contribution is -1.91. The highest BCUT2D eigenvalue weighted by molar-refractivity contribution is 5.78. The molecule has 1 heterocycles. The smallest absolute Gasteiger partial charge is 0.107 e. The van der Waals surface area contributed by atoms with Crippen molar-refractivity contribution in [1.29, 1.82) is 0 Å². The van der Waals surface area contributed by atoms with E-state index in [-0.39, 0.29) is 0 Å². The second-order valence-electron chi connectivity index (χ2n) is 5.45. The standard InChI is InChI=1S/C15H23N3/c1-11(2)6-4-3-5-7-15-17-13-9-8-12(16)10-14(13)18-15/h8-11H,3-7,16H2,1-2H3,(H,17,18). The van der Waals surface area contributed by atoms with Crippen molar-refractivity contribution in [3.05, 3.63) is 24.0 Å². The van der Waals surface area contributed by atoms with Gasteiger partial charge >= 0.3 is 0 Å². The average molecular weight is 245 g/mol. The van der Waals surface area contributed by atoms with Crippen molar-refractivity contribution in [3.63, 3.8) is 0 Å². The molecule has 0 bridgehead atoms. The number of benzene rings is 1. The summed E-state index contributed by atoms with van der Waals surface area (Å²) in [5, 5.41) is 0. The van der Waals surface area contributed by atoms with Crippen molar-refractivity contribution < 1.29 is 0 Å². The fraction of sp³-hybridized carbons (Fsp3) is 0.533. The summed E-state index contributed by atoms with van der Waals surface area (Å²) in [4.78, 5) is 7.92. The Bertz CT molecular complexity index is 499. The van der Waals surface area contributed by atoms with E-state index >= 15 is 0 Å². The number of hydrogen-bond acceptors (Lipinski definition) is 2. The zero-order valence-electron chi connectivity index (χ0n) is 11.4. The first-order chi connectivity index (χ1) is 8.65. The number of nitrogen functional groups attached to an aromatic ring is 1. The van der Waals surface area contributed by atoms with Gasteiger partial charge in [-0.1, -0.05) is 33.1 Å². The lowest BCUT2D eigenvalue weighted by Gasteiger charge is -2.02. The average Bonchev–Trinajstić information content (AvgIpc) is 2.70. The summed E-state index contributed by atoms with van der Waals surface area (Å²) in [6, 6.07) is 5.82. The van der Waals surface area contributed by atoms with E-state index < -0.39 is 0 Å². The van der Waals surface area contributed by atoms with Crippen LogP contribution in [0.1, 0.15) is 45.4 Å². The van der Waals surface area contributed by atoms with E-state index in [1.54, 1.807) is 0 Å². The Morgan fingerprint density at radius 2 is 2.06 bits per heavy atom. The van der Waals surface area contributed by atoms with Gasteiger partial charge in [-0.3, -0.25) is 0 Å². The van der Waals surface area contributed by atoms with E-state index in [1.165, 1.54) is 25.7 Å². The largest absolute Gasteiger partial charge is 0.399 e. The van der Waals surface area contributed by atoms with Gasteiger partial charge in [0.2, 0.25) is 0 Å². The van der Waals surface area contributed by atoms with Crippen LogP contribution < -0.4 is 5.73 Å². The molecule has 98 valence electrons. The molecule has 0 radical (unpaired) electrons. The third kappa shape index (κ3) is 3.49. The number of imidazole rings is 1. The fourth-order valence-corrected chi connectivity index (χ4v) is 2.22. The molecular weight excluding hydrogens is 222 g/mol. The molecule has 2 aromatic rings. The molecule has 0 saturated heterocycles. The quantitative estimate of drug-likeness (QED) is 0.599. The summed E-state index contributed by atoms with van der Waals surface area (Å²) in [6.07, 6.45) is 6.19. The second kappa shape index (κ2) is 5.89. The van der Waals surface area contributed by atoms with Crippen LogP contribution in [0, 0.1) is 5.92 Å². The second-order valence-corrected chi connectivity index (χ2v) is 5.45. The molecular formula is C15H23N3. The van der Waals surface area contributed by atoms with Crippen LogP contribution in [0.25, 0.3) is 11.0 Å².